The summed E-state index contributed by atoms with van der Waals surface area (Å²) in [5.74, 6) is 2.39. The van der Waals surface area contributed by atoms with Crippen molar-refractivity contribution in [3.8, 4) is 18.1 Å². The third kappa shape index (κ3) is 2.10. The van der Waals surface area contributed by atoms with Gasteiger partial charge in [-0.3, -0.25) is 4.79 Å². The second-order valence-corrected chi connectivity index (χ2v) is 2.12. The molecular formula is C9H7NO2. The molecule has 0 fully saturated rings. The van der Waals surface area contributed by atoms with Crippen LogP contribution in [0.3, 0.4) is 0 Å². The van der Waals surface area contributed by atoms with Crippen LogP contribution in [0.4, 0.5) is 0 Å². The number of pyridine rings is 1. The first-order valence-electron chi connectivity index (χ1n) is 3.33. The summed E-state index contributed by atoms with van der Waals surface area (Å²) in [7, 11) is 0. The van der Waals surface area contributed by atoms with Gasteiger partial charge in [0.25, 0.3) is 0 Å². The predicted molar refractivity (Wildman–Crippen MR) is 43.5 cm³/mol. The van der Waals surface area contributed by atoms with Gasteiger partial charge in [-0.25, -0.2) is 4.98 Å². The number of carbonyl (C=O) groups is 1. The Morgan fingerprint density at radius 1 is 1.67 bits per heavy atom. The lowest BCUT2D eigenvalue weighted by Crippen LogP contribution is -2.01. The molecule has 3 nitrogen and oxygen atoms in total. The minimum Gasteiger partial charge on any atom is -0.425 e. The fourth-order valence-electron chi connectivity index (χ4n) is 0.692. The molecule has 0 saturated heterocycles. The first-order valence-corrected chi connectivity index (χ1v) is 3.33. The standard InChI is InChI=1S/C9H7NO2/c1-3-8-4-5-9(6-10-8)12-7(2)11/h1,4-6H,2H3. The van der Waals surface area contributed by atoms with Gasteiger partial charge in [-0.1, -0.05) is 5.92 Å². The fourth-order valence-corrected chi connectivity index (χ4v) is 0.692. The van der Waals surface area contributed by atoms with Crippen molar-refractivity contribution >= 4 is 5.97 Å². The Bertz CT molecular complexity index is 321. The molecule has 0 saturated carbocycles. The number of aromatic nitrogens is 1. The van der Waals surface area contributed by atoms with E-state index in [2.05, 4.69) is 10.9 Å². The van der Waals surface area contributed by atoms with E-state index in [0.29, 0.717) is 11.4 Å². The zero-order valence-corrected chi connectivity index (χ0v) is 6.57. The van der Waals surface area contributed by atoms with E-state index in [1.807, 2.05) is 0 Å². The molecule has 1 rings (SSSR count). The van der Waals surface area contributed by atoms with Crippen molar-refractivity contribution in [2.45, 2.75) is 6.92 Å². The second-order valence-electron chi connectivity index (χ2n) is 2.12. The quantitative estimate of drug-likeness (QED) is 0.455. The van der Waals surface area contributed by atoms with Crippen LogP contribution in [0.25, 0.3) is 0 Å². The zero-order chi connectivity index (χ0) is 8.97. The van der Waals surface area contributed by atoms with Gasteiger partial charge >= 0.3 is 5.97 Å². The van der Waals surface area contributed by atoms with Crippen LogP contribution in [0.2, 0.25) is 0 Å². The number of hydrogen-bond donors (Lipinski definition) is 0. The maximum atomic E-state index is 10.5. The molecule has 0 aromatic carbocycles. The molecule has 1 aromatic heterocycles. The van der Waals surface area contributed by atoms with Gasteiger partial charge in [0.15, 0.2) is 0 Å². The number of nitrogens with zero attached hydrogens (tertiary/aromatic N) is 1. The average Bonchev–Trinajstić information content (AvgIpc) is 2.05. The van der Waals surface area contributed by atoms with E-state index >= 15 is 0 Å². The smallest absolute Gasteiger partial charge is 0.308 e. The minimum atomic E-state index is -0.370. The van der Waals surface area contributed by atoms with Crippen molar-refractivity contribution in [1.29, 1.82) is 0 Å². The van der Waals surface area contributed by atoms with Crippen LogP contribution in [0.5, 0.6) is 5.75 Å². The van der Waals surface area contributed by atoms with Crippen molar-refractivity contribution < 1.29 is 9.53 Å². The van der Waals surface area contributed by atoms with Crippen LogP contribution < -0.4 is 4.74 Å². The first-order chi connectivity index (χ1) is 5.72. The summed E-state index contributed by atoms with van der Waals surface area (Å²) >= 11 is 0. The molecule has 0 N–H and O–H groups in total. The van der Waals surface area contributed by atoms with Gasteiger partial charge in [-0.15, -0.1) is 6.42 Å². The summed E-state index contributed by atoms with van der Waals surface area (Å²) in [5.41, 5.74) is 0.519. The van der Waals surface area contributed by atoms with Crippen LogP contribution in [-0.4, -0.2) is 11.0 Å². The first kappa shape index (κ1) is 8.28. The lowest BCUT2D eigenvalue weighted by atomic mass is 10.3. The van der Waals surface area contributed by atoms with E-state index in [0.717, 1.165) is 0 Å². The molecule has 0 aliphatic heterocycles. The van der Waals surface area contributed by atoms with Crippen molar-refractivity contribution in [3.05, 3.63) is 24.0 Å². The number of hydrogen-bond acceptors (Lipinski definition) is 3. The molecular weight excluding hydrogens is 154 g/mol. The predicted octanol–water partition coefficient (Wildman–Crippen LogP) is 0.988. The number of esters is 1. The van der Waals surface area contributed by atoms with Crippen molar-refractivity contribution in [2.24, 2.45) is 0 Å². The topological polar surface area (TPSA) is 39.2 Å². The van der Waals surface area contributed by atoms with Crippen LogP contribution in [-0.2, 0) is 4.79 Å². The highest BCUT2D eigenvalue weighted by Crippen LogP contribution is 2.08. The van der Waals surface area contributed by atoms with E-state index in [4.69, 9.17) is 11.2 Å². The maximum Gasteiger partial charge on any atom is 0.308 e. The molecule has 12 heavy (non-hydrogen) atoms. The number of ether oxygens (including phenoxy) is 1. The largest absolute Gasteiger partial charge is 0.425 e. The van der Waals surface area contributed by atoms with Crippen LogP contribution in [0.1, 0.15) is 12.6 Å². The lowest BCUT2D eigenvalue weighted by Gasteiger charge is -1.98. The summed E-state index contributed by atoms with van der Waals surface area (Å²) in [6.45, 7) is 1.33. The summed E-state index contributed by atoms with van der Waals surface area (Å²) in [6, 6.07) is 3.21. The summed E-state index contributed by atoms with van der Waals surface area (Å²) in [5, 5.41) is 0. The molecule has 0 aliphatic carbocycles. The minimum absolute atomic E-state index is 0.370. The van der Waals surface area contributed by atoms with E-state index < -0.39 is 0 Å². The summed E-state index contributed by atoms with van der Waals surface area (Å²) in [6.07, 6.45) is 6.49. The van der Waals surface area contributed by atoms with Crippen LogP contribution in [0, 0.1) is 12.3 Å². The highest BCUT2D eigenvalue weighted by molar-refractivity contribution is 5.69. The Labute approximate surface area is 70.4 Å². The van der Waals surface area contributed by atoms with Crippen molar-refractivity contribution in [2.75, 3.05) is 0 Å². The molecule has 1 aromatic rings. The molecule has 0 atom stereocenters. The SMILES string of the molecule is C#Cc1ccc(OC(C)=O)cn1. The Kier molecular flexibility index (Phi) is 2.44. The Morgan fingerprint density at radius 3 is 2.83 bits per heavy atom. The van der Waals surface area contributed by atoms with Gasteiger partial charge in [0.1, 0.15) is 11.4 Å². The van der Waals surface area contributed by atoms with Crippen LogP contribution in [0.15, 0.2) is 18.3 Å². The molecule has 60 valence electrons. The Hall–Kier alpha value is -1.82. The highest BCUT2D eigenvalue weighted by atomic mass is 16.5. The van der Waals surface area contributed by atoms with Gasteiger partial charge in [0, 0.05) is 6.92 Å². The molecule has 0 bridgehead atoms. The Morgan fingerprint density at radius 2 is 2.42 bits per heavy atom. The number of terminal acetylenes is 1. The molecule has 0 unspecified atom stereocenters. The molecule has 3 heteroatoms. The van der Waals surface area contributed by atoms with Gasteiger partial charge < -0.3 is 4.74 Å². The Balaban J connectivity index is 2.80. The van der Waals surface area contributed by atoms with Crippen LogP contribution >= 0.6 is 0 Å². The monoisotopic (exact) mass is 161 g/mol. The van der Waals surface area contributed by atoms with Gasteiger partial charge in [0.05, 0.1) is 6.20 Å². The molecule has 0 radical (unpaired) electrons. The highest BCUT2D eigenvalue weighted by Gasteiger charge is 1.96. The van der Waals surface area contributed by atoms with E-state index in [-0.39, 0.29) is 5.97 Å². The van der Waals surface area contributed by atoms with Crippen molar-refractivity contribution in [1.82, 2.24) is 4.98 Å². The van der Waals surface area contributed by atoms with Gasteiger partial charge in [-0.2, -0.15) is 0 Å². The van der Waals surface area contributed by atoms with Gasteiger partial charge in [-0.05, 0) is 12.1 Å². The second kappa shape index (κ2) is 3.54. The summed E-state index contributed by atoms with van der Waals surface area (Å²) in [4.78, 5) is 14.3. The number of carbonyl (C=O) groups excluding carboxylic acids is 1. The number of rotatable bonds is 1. The van der Waals surface area contributed by atoms with E-state index in [9.17, 15) is 4.79 Å². The fraction of sp³-hybridized carbons (Fsp3) is 0.111. The van der Waals surface area contributed by atoms with E-state index in [1.165, 1.54) is 13.1 Å². The summed E-state index contributed by atoms with van der Waals surface area (Å²) < 4.78 is 4.74. The van der Waals surface area contributed by atoms with Crippen molar-refractivity contribution in [3.63, 3.8) is 0 Å². The normalized spacial score (nSPS) is 8.67. The van der Waals surface area contributed by atoms with E-state index in [1.54, 1.807) is 12.1 Å². The molecule has 0 aliphatic rings. The van der Waals surface area contributed by atoms with Gasteiger partial charge in [0.2, 0.25) is 0 Å². The zero-order valence-electron chi connectivity index (χ0n) is 6.57. The third-order valence-corrected chi connectivity index (χ3v) is 1.15. The third-order valence-electron chi connectivity index (χ3n) is 1.15. The lowest BCUT2D eigenvalue weighted by molar-refractivity contribution is -0.131. The molecule has 0 amide bonds. The molecule has 1 heterocycles. The molecule has 0 spiro atoms. The average molecular weight is 161 g/mol. The maximum absolute atomic E-state index is 10.5.